The minimum Gasteiger partial charge on any atom is -0.312 e. The fourth-order valence-corrected chi connectivity index (χ4v) is 4.41. The molecule has 0 saturated carbocycles. The summed E-state index contributed by atoms with van der Waals surface area (Å²) in [4.78, 5) is 1.29. The summed E-state index contributed by atoms with van der Waals surface area (Å²) in [5.41, 5.74) is 2.56. The lowest BCUT2D eigenvalue weighted by Crippen LogP contribution is -2.19. The Morgan fingerprint density at radius 1 is 1.29 bits per heavy atom. The van der Waals surface area contributed by atoms with Crippen LogP contribution in [0.5, 0.6) is 0 Å². The van der Waals surface area contributed by atoms with E-state index in [2.05, 4.69) is 51.5 Å². The van der Waals surface area contributed by atoms with Gasteiger partial charge >= 0.3 is 0 Å². The average molecular weight is 317 g/mol. The van der Waals surface area contributed by atoms with Gasteiger partial charge in [0.05, 0.1) is 10.6 Å². The third-order valence-corrected chi connectivity index (χ3v) is 5.61. The van der Waals surface area contributed by atoms with E-state index < -0.39 is 0 Å². The molecule has 110 valence electrons. The number of nitrogens with one attached hydrogen (secondary N) is 1. The zero-order valence-electron chi connectivity index (χ0n) is 12.3. The van der Waals surface area contributed by atoms with E-state index in [0.717, 1.165) is 25.0 Å². The van der Waals surface area contributed by atoms with Crippen molar-refractivity contribution in [2.24, 2.45) is 0 Å². The van der Waals surface area contributed by atoms with Crippen molar-refractivity contribution >= 4 is 33.0 Å². The molecule has 0 amide bonds. The van der Waals surface area contributed by atoms with Crippen LogP contribution in [-0.4, -0.2) is 16.6 Å². The summed E-state index contributed by atoms with van der Waals surface area (Å²) in [6.07, 6.45) is 3.10. The smallest absolute Gasteiger partial charge is 0.0803 e. The first-order valence-electron chi connectivity index (χ1n) is 7.27. The van der Waals surface area contributed by atoms with E-state index in [4.69, 9.17) is 0 Å². The molecule has 3 nitrogen and oxygen atoms in total. The van der Waals surface area contributed by atoms with Crippen LogP contribution < -0.4 is 5.32 Å². The van der Waals surface area contributed by atoms with Crippen LogP contribution in [0.3, 0.4) is 0 Å². The standard InChI is InChI=1S/C16H19N3S2/c1-3-6-13-16(21-19-18-13)14(17-2)9-11-10-20-15-8-5-4-7-12(11)15/h4-5,7-8,10,14,17H,3,6,9H2,1-2H3. The maximum atomic E-state index is 4.30. The number of thiophene rings is 1. The Morgan fingerprint density at radius 3 is 2.95 bits per heavy atom. The maximum absolute atomic E-state index is 4.30. The predicted octanol–water partition coefficient (Wildman–Crippen LogP) is 4.21. The first-order chi connectivity index (χ1) is 10.3. The summed E-state index contributed by atoms with van der Waals surface area (Å²) in [7, 11) is 2.02. The number of likely N-dealkylation sites (N-methyl/N-ethyl adjacent to an activating group) is 1. The Bertz CT molecular complexity index is 717. The molecule has 2 aromatic heterocycles. The minimum atomic E-state index is 0.296. The molecule has 0 radical (unpaired) electrons. The number of rotatable bonds is 6. The molecule has 0 spiro atoms. The Balaban J connectivity index is 1.89. The molecule has 1 aromatic carbocycles. The van der Waals surface area contributed by atoms with Gasteiger partial charge in [0, 0.05) is 10.7 Å². The number of hydrogen-bond acceptors (Lipinski definition) is 5. The fourth-order valence-electron chi connectivity index (χ4n) is 2.63. The monoisotopic (exact) mass is 317 g/mol. The van der Waals surface area contributed by atoms with Crippen LogP contribution in [0.25, 0.3) is 10.1 Å². The SMILES string of the molecule is CCCc1nnsc1C(Cc1csc2ccccc12)NC. The van der Waals surface area contributed by atoms with Gasteiger partial charge in [0.2, 0.25) is 0 Å². The van der Waals surface area contributed by atoms with Crippen molar-refractivity contribution in [3.8, 4) is 0 Å². The Labute approximate surface area is 133 Å². The molecule has 0 fully saturated rings. The summed E-state index contributed by atoms with van der Waals surface area (Å²) < 4.78 is 5.52. The topological polar surface area (TPSA) is 37.8 Å². The van der Waals surface area contributed by atoms with Crippen molar-refractivity contribution in [3.63, 3.8) is 0 Å². The highest BCUT2D eigenvalue weighted by atomic mass is 32.1. The van der Waals surface area contributed by atoms with Crippen LogP contribution in [0.2, 0.25) is 0 Å². The summed E-state index contributed by atoms with van der Waals surface area (Å²) in [6, 6.07) is 8.92. The van der Waals surface area contributed by atoms with E-state index in [1.807, 2.05) is 18.4 Å². The van der Waals surface area contributed by atoms with Gasteiger partial charge in [0.1, 0.15) is 0 Å². The molecule has 2 heterocycles. The number of benzene rings is 1. The lowest BCUT2D eigenvalue weighted by atomic mass is 10.0. The third kappa shape index (κ3) is 3.00. The Hall–Kier alpha value is -1.30. The zero-order valence-corrected chi connectivity index (χ0v) is 13.9. The number of aromatic nitrogens is 2. The van der Waals surface area contributed by atoms with Crippen molar-refractivity contribution < 1.29 is 0 Å². The van der Waals surface area contributed by atoms with Gasteiger partial charge in [-0.2, -0.15) is 0 Å². The van der Waals surface area contributed by atoms with Crippen LogP contribution in [0.4, 0.5) is 0 Å². The lowest BCUT2D eigenvalue weighted by Gasteiger charge is -2.15. The number of aryl methyl sites for hydroxylation is 1. The second-order valence-electron chi connectivity index (χ2n) is 5.14. The first-order valence-corrected chi connectivity index (χ1v) is 8.92. The molecule has 0 aliphatic rings. The Morgan fingerprint density at radius 2 is 2.14 bits per heavy atom. The average Bonchev–Trinajstić information content (AvgIpc) is 3.12. The molecule has 3 rings (SSSR count). The van der Waals surface area contributed by atoms with Gasteiger partial charge < -0.3 is 5.32 Å². The Kier molecular flexibility index (Phi) is 4.63. The van der Waals surface area contributed by atoms with Crippen molar-refractivity contribution in [1.82, 2.24) is 14.9 Å². The van der Waals surface area contributed by atoms with E-state index >= 15 is 0 Å². The van der Waals surface area contributed by atoms with Crippen molar-refractivity contribution in [1.29, 1.82) is 0 Å². The summed E-state index contributed by atoms with van der Waals surface area (Å²) in [6.45, 7) is 2.18. The van der Waals surface area contributed by atoms with Crippen LogP contribution >= 0.6 is 22.9 Å². The van der Waals surface area contributed by atoms with Gasteiger partial charge in [-0.1, -0.05) is 36.0 Å². The quantitative estimate of drug-likeness (QED) is 0.740. The highest BCUT2D eigenvalue weighted by Gasteiger charge is 2.19. The molecule has 0 saturated heterocycles. The number of hydrogen-bond donors (Lipinski definition) is 1. The normalized spacial score (nSPS) is 12.9. The van der Waals surface area contributed by atoms with Crippen LogP contribution in [0.15, 0.2) is 29.6 Å². The third-order valence-electron chi connectivity index (χ3n) is 3.72. The molecule has 1 N–H and O–H groups in total. The summed E-state index contributed by atoms with van der Waals surface area (Å²) in [5, 5.41) is 11.4. The first kappa shape index (κ1) is 14.6. The summed E-state index contributed by atoms with van der Waals surface area (Å²) in [5.74, 6) is 0. The van der Waals surface area contributed by atoms with Crippen LogP contribution in [0.1, 0.15) is 35.5 Å². The van der Waals surface area contributed by atoms with Gasteiger partial charge in [0.25, 0.3) is 0 Å². The molecular formula is C16H19N3S2. The minimum absolute atomic E-state index is 0.296. The molecule has 21 heavy (non-hydrogen) atoms. The molecule has 0 aliphatic carbocycles. The van der Waals surface area contributed by atoms with Crippen molar-refractivity contribution in [2.75, 3.05) is 7.05 Å². The lowest BCUT2D eigenvalue weighted by molar-refractivity contribution is 0.596. The second kappa shape index (κ2) is 6.64. The van der Waals surface area contributed by atoms with E-state index in [-0.39, 0.29) is 0 Å². The van der Waals surface area contributed by atoms with Gasteiger partial charge in [-0.25, -0.2) is 0 Å². The fraction of sp³-hybridized carbons (Fsp3) is 0.375. The summed E-state index contributed by atoms with van der Waals surface area (Å²) >= 11 is 3.35. The van der Waals surface area contributed by atoms with Gasteiger partial charge in [0.15, 0.2) is 0 Å². The molecule has 0 bridgehead atoms. The van der Waals surface area contributed by atoms with Gasteiger partial charge in [-0.05, 0) is 53.8 Å². The van der Waals surface area contributed by atoms with Crippen LogP contribution in [-0.2, 0) is 12.8 Å². The van der Waals surface area contributed by atoms with Crippen molar-refractivity contribution in [3.05, 3.63) is 45.8 Å². The molecule has 3 aromatic rings. The predicted molar refractivity (Wildman–Crippen MR) is 91.2 cm³/mol. The van der Waals surface area contributed by atoms with E-state index in [9.17, 15) is 0 Å². The van der Waals surface area contributed by atoms with Gasteiger partial charge in [-0.15, -0.1) is 16.4 Å². The molecule has 0 aliphatic heterocycles. The molecule has 1 unspecified atom stereocenters. The maximum Gasteiger partial charge on any atom is 0.0803 e. The number of nitrogens with zero attached hydrogens (tertiary/aromatic N) is 2. The molecular weight excluding hydrogens is 298 g/mol. The van der Waals surface area contributed by atoms with Crippen LogP contribution in [0, 0.1) is 0 Å². The highest BCUT2D eigenvalue weighted by Crippen LogP contribution is 2.31. The van der Waals surface area contributed by atoms with Crippen molar-refractivity contribution in [2.45, 2.75) is 32.2 Å². The largest absolute Gasteiger partial charge is 0.312 e. The molecule has 5 heteroatoms. The van der Waals surface area contributed by atoms with E-state index in [0.29, 0.717) is 6.04 Å². The van der Waals surface area contributed by atoms with E-state index in [1.54, 1.807) is 0 Å². The van der Waals surface area contributed by atoms with Gasteiger partial charge in [-0.3, -0.25) is 0 Å². The zero-order chi connectivity index (χ0) is 14.7. The van der Waals surface area contributed by atoms with E-state index in [1.165, 1.54) is 32.1 Å². The molecule has 1 atom stereocenters. The number of fused-ring (bicyclic) bond motifs is 1. The second-order valence-corrected chi connectivity index (χ2v) is 6.83. The highest BCUT2D eigenvalue weighted by molar-refractivity contribution is 7.17.